The molecule has 0 atom stereocenters. The van der Waals surface area contributed by atoms with Crippen LogP contribution in [0.15, 0.2) is 18.2 Å². The van der Waals surface area contributed by atoms with Gasteiger partial charge in [-0.25, -0.2) is 8.78 Å². The van der Waals surface area contributed by atoms with Crippen LogP contribution in [0.25, 0.3) is 0 Å². The molecule has 0 bridgehead atoms. The summed E-state index contributed by atoms with van der Waals surface area (Å²) in [6.45, 7) is 0. The summed E-state index contributed by atoms with van der Waals surface area (Å²) >= 11 is 3.71. The van der Waals surface area contributed by atoms with Gasteiger partial charge < -0.3 is 5.32 Å². The Morgan fingerprint density at radius 2 is 2.08 bits per heavy atom. The Hall–Kier alpha value is -1.10. The van der Waals surface area contributed by atoms with Crippen LogP contribution in [0.1, 0.15) is 0 Å². The summed E-state index contributed by atoms with van der Waals surface area (Å²) in [5, 5.41) is 2.34. The van der Waals surface area contributed by atoms with Crippen molar-refractivity contribution in [3.8, 4) is 0 Å². The van der Waals surface area contributed by atoms with E-state index in [2.05, 4.69) is 17.9 Å². The van der Waals surface area contributed by atoms with Gasteiger partial charge in [-0.15, -0.1) is 0 Å². The number of halogens is 2. The van der Waals surface area contributed by atoms with Gasteiger partial charge in [0.05, 0.1) is 5.75 Å². The minimum Gasteiger partial charge on any atom is -0.325 e. The molecule has 0 heterocycles. The van der Waals surface area contributed by atoms with Gasteiger partial charge in [0.1, 0.15) is 0 Å². The molecular formula is C8H7F2NOS. The van der Waals surface area contributed by atoms with Gasteiger partial charge in [0.2, 0.25) is 5.91 Å². The summed E-state index contributed by atoms with van der Waals surface area (Å²) in [6, 6.07) is 3.14. The van der Waals surface area contributed by atoms with Gasteiger partial charge in [0, 0.05) is 11.8 Å². The second-order valence-corrected chi connectivity index (χ2v) is 2.65. The van der Waals surface area contributed by atoms with E-state index in [9.17, 15) is 13.6 Å². The van der Waals surface area contributed by atoms with Crippen LogP contribution in [-0.2, 0) is 4.79 Å². The summed E-state index contributed by atoms with van der Waals surface area (Å²) in [4.78, 5) is 10.8. The van der Waals surface area contributed by atoms with Gasteiger partial charge in [0.25, 0.3) is 0 Å². The molecule has 13 heavy (non-hydrogen) atoms. The molecule has 5 heteroatoms. The maximum atomic E-state index is 12.6. The summed E-state index contributed by atoms with van der Waals surface area (Å²) in [5.41, 5.74) is 0.220. The van der Waals surface area contributed by atoms with Crippen LogP contribution in [0.3, 0.4) is 0 Å². The van der Waals surface area contributed by atoms with Crippen molar-refractivity contribution in [1.29, 1.82) is 0 Å². The first-order valence-electron chi connectivity index (χ1n) is 3.49. The average Bonchev–Trinajstić information content (AvgIpc) is 2.11. The molecular weight excluding hydrogens is 196 g/mol. The van der Waals surface area contributed by atoms with Crippen molar-refractivity contribution in [2.45, 2.75) is 0 Å². The third-order valence-corrected chi connectivity index (χ3v) is 1.63. The molecule has 0 unspecified atom stereocenters. The van der Waals surface area contributed by atoms with E-state index in [1.807, 2.05) is 0 Å². The Labute approximate surface area is 79.4 Å². The maximum absolute atomic E-state index is 12.6. The Morgan fingerprint density at radius 3 is 2.62 bits per heavy atom. The van der Waals surface area contributed by atoms with Gasteiger partial charge in [-0.2, -0.15) is 12.6 Å². The van der Waals surface area contributed by atoms with Crippen molar-refractivity contribution in [3.63, 3.8) is 0 Å². The smallest absolute Gasteiger partial charge is 0.234 e. The number of nitrogens with one attached hydrogen (secondary N) is 1. The second kappa shape index (κ2) is 4.23. The van der Waals surface area contributed by atoms with E-state index in [1.165, 1.54) is 6.07 Å². The van der Waals surface area contributed by atoms with Crippen LogP contribution in [0, 0.1) is 11.6 Å². The number of hydrogen-bond acceptors (Lipinski definition) is 2. The fraction of sp³-hybridized carbons (Fsp3) is 0.125. The number of hydrogen-bond donors (Lipinski definition) is 2. The van der Waals surface area contributed by atoms with Crippen LogP contribution in [0.2, 0.25) is 0 Å². The van der Waals surface area contributed by atoms with E-state index < -0.39 is 11.6 Å². The van der Waals surface area contributed by atoms with Crippen LogP contribution in [-0.4, -0.2) is 11.7 Å². The standard InChI is InChI=1S/C8H7F2NOS/c9-6-2-1-5(3-7(6)10)11-8(12)4-13/h1-3,13H,4H2,(H,11,12). The molecule has 70 valence electrons. The van der Waals surface area contributed by atoms with E-state index >= 15 is 0 Å². The highest BCUT2D eigenvalue weighted by molar-refractivity contribution is 7.81. The van der Waals surface area contributed by atoms with Crippen molar-refractivity contribution < 1.29 is 13.6 Å². The molecule has 0 aliphatic heterocycles. The molecule has 2 nitrogen and oxygen atoms in total. The lowest BCUT2D eigenvalue weighted by Gasteiger charge is -2.02. The predicted molar refractivity (Wildman–Crippen MR) is 48.8 cm³/mol. The van der Waals surface area contributed by atoms with Crippen LogP contribution in [0.5, 0.6) is 0 Å². The lowest BCUT2D eigenvalue weighted by atomic mass is 10.3. The third kappa shape index (κ3) is 2.69. The molecule has 1 aromatic rings. The third-order valence-electron chi connectivity index (χ3n) is 1.35. The molecule has 0 aliphatic rings. The zero-order valence-corrected chi connectivity index (χ0v) is 7.44. The number of carbonyl (C=O) groups is 1. The largest absolute Gasteiger partial charge is 0.325 e. The van der Waals surface area contributed by atoms with Gasteiger partial charge in [-0.1, -0.05) is 0 Å². The van der Waals surface area contributed by atoms with Crippen LogP contribution in [0.4, 0.5) is 14.5 Å². The van der Waals surface area contributed by atoms with E-state index in [0.717, 1.165) is 12.1 Å². The first-order valence-corrected chi connectivity index (χ1v) is 4.12. The number of thiol groups is 1. The van der Waals surface area contributed by atoms with Gasteiger partial charge in [0.15, 0.2) is 11.6 Å². The van der Waals surface area contributed by atoms with E-state index in [0.29, 0.717) is 0 Å². The molecule has 0 saturated carbocycles. The molecule has 1 N–H and O–H groups in total. The molecule has 0 radical (unpaired) electrons. The minimum atomic E-state index is -0.989. The number of benzene rings is 1. The minimum absolute atomic E-state index is 0.000997. The maximum Gasteiger partial charge on any atom is 0.234 e. The van der Waals surface area contributed by atoms with Gasteiger partial charge in [-0.05, 0) is 12.1 Å². The van der Waals surface area contributed by atoms with E-state index in [4.69, 9.17) is 0 Å². The number of anilines is 1. The van der Waals surface area contributed by atoms with E-state index in [1.54, 1.807) is 0 Å². The SMILES string of the molecule is O=C(CS)Nc1ccc(F)c(F)c1. The lowest BCUT2D eigenvalue weighted by Crippen LogP contribution is -2.12. The number of carbonyl (C=O) groups excluding carboxylic acids is 1. The van der Waals surface area contributed by atoms with Crippen molar-refractivity contribution >= 4 is 24.2 Å². The topological polar surface area (TPSA) is 29.1 Å². The monoisotopic (exact) mass is 203 g/mol. The quantitative estimate of drug-likeness (QED) is 0.705. The van der Waals surface area contributed by atoms with E-state index in [-0.39, 0.29) is 17.3 Å². The molecule has 1 amide bonds. The molecule has 0 fully saturated rings. The lowest BCUT2D eigenvalue weighted by molar-refractivity contribution is -0.113. The van der Waals surface area contributed by atoms with Gasteiger partial charge >= 0.3 is 0 Å². The Balaban J connectivity index is 2.79. The molecule has 0 aliphatic carbocycles. The number of amides is 1. The molecule has 0 spiro atoms. The van der Waals surface area contributed by atoms with Crippen LogP contribution >= 0.6 is 12.6 Å². The van der Waals surface area contributed by atoms with Crippen molar-refractivity contribution in [2.75, 3.05) is 11.1 Å². The Bertz CT molecular complexity index is 330. The highest BCUT2D eigenvalue weighted by atomic mass is 32.1. The predicted octanol–water partition coefficient (Wildman–Crippen LogP) is 1.83. The van der Waals surface area contributed by atoms with Crippen LogP contribution < -0.4 is 5.32 Å². The highest BCUT2D eigenvalue weighted by Crippen LogP contribution is 2.12. The first-order chi connectivity index (χ1) is 6.13. The zero-order valence-electron chi connectivity index (χ0n) is 6.55. The second-order valence-electron chi connectivity index (χ2n) is 2.34. The zero-order chi connectivity index (χ0) is 9.84. The fourth-order valence-corrected chi connectivity index (χ4v) is 0.853. The highest BCUT2D eigenvalue weighted by Gasteiger charge is 2.04. The van der Waals surface area contributed by atoms with Crippen molar-refractivity contribution in [2.24, 2.45) is 0 Å². The first kappa shape index (κ1) is 9.98. The Kier molecular flexibility index (Phi) is 3.25. The van der Waals surface area contributed by atoms with Crippen molar-refractivity contribution in [3.05, 3.63) is 29.8 Å². The summed E-state index contributed by atoms with van der Waals surface area (Å²) in [5.74, 6) is -2.30. The number of rotatable bonds is 2. The average molecular weight is 203 g/mol. The fourth-order valence-electron chi connectivity index (χ4n) is 0.774. The van der Waals surface area contributed by atoms with Gasteiger partial charge in [-0.3, -0.25) is 4.79 Å². The normalized spacial score (nSPS) is 9.77. The molecule has 1 aromatic carbocycles. The summed E-state index contributed by atoms with van der Waals surface area (Å²) in [6.07, 6.45) is 0. The molecule has 0 saturated heterocycles. The summed E-state index contributed by atoms with van der Waals surface area (Å²) < 4.78 is 25.0. The molecule has 1 rings (SSSR count). The molecule has 0 aromatic heterocycles. The van der Waals surface area contributed by atoms with Crippen molar-refractivity contribution in [1.82, 2.24) is 0 Å². The Morgan fingerprint density at radius 1 is 1.38 bits per heavy atom. The summed E-state index contributed by atoms with van der Waals surface area (Å²) in [7, 11) is 0.